The zero-order valence-corrected chi connectivity index (χ0v) is 19.6. The number of rotatable bonds is 8. The highest BCUT2D eigenvalue weighted by atomic mass is 32.3. The molecule has 0 spiro atoms. The number of hydrogen-bond acceptors (Lipinski definition) is 3. The molecular weight excluding hydrogens is 382 g/mol. The van der Waals surface area contributed by atoms with E-state index in [9.17, 15) is 4.79 Å². The third-order valence-electron chi connectivity index (χ3n) is 5.86. The van der Waals surface area contributed by atoms with Gasteiger partial charge in [0.05, 0.1) is 17.6 Å². The van der Waals surface area contributed by atoms with Gasteiger partial charge in [-0.3, -0.25) is 4.79 Å². The number of amides is 1. The fourth-order valence-corrected chi connectivity index (χ4v) is 4.42. The van der Waals surface area contributed by atoms with Gasteiger partial charge in [0.15, 0.2) is 0 Å². The van der Waals surface area contributed by atoms with Crippen molar-refractivity contribution < 1.29 is 9.53 Å². The second kappa shape index (κ2) is 8.31. The first-order valence-electron chi connectivity index (χ1n) is 10.5. The average Bonchev–Trinajstić information content (AvgIpc) is 2.89. The largest absolute Gasteiger partial charge is 0.369 e. The first-order chi connectivity index (χ1) is 13.4. The van der Waals surface area contributed by atoms with Crippen LogP contribution in [0.4, 0.5) is 0 Å². The highest BCUT2D eigenvalue weighted by Gasteiger charge is 2.34. The van der Waals surface area contributed by atoms with E-state index in [4.69, 9.17) is 15.5 Å². The third kappa shape index (κ3) is 5.54. The Morgan fingerprint density at radius 3 is 2.55 bits per heavy atom. The Bertz CT molecular complexity index is 871. The van der Waals surface area contributed by atoms with Crippen LogP contribution in [0.2, 0.25) is 0 Å². The van der Waals surface area contributed by atoms with Crippen molar-refractivity contribution >= 4 is 27.0 Å². The Kier molecular flexibility index (Phi) is 6.35. The highest BCUT2D eigenvalue weighted by Crippen LogP contribution is 2.37. The van der Waals surface area contributed by atoms with Crippen LogP contribution in [0.3, 0.4) is 0 Å². The number of ether oxygens (including phenoxy) is 1. The van der Waals surface area contributed by atoms with E-state index in [0.717, 1.165) is 48.5 Å². The monoisotopic (exact) mass is 419 g/mol. The summed E-state index contributed by atoms with van der Waals surface area (Å²) in [5.74, 6) is 2.51. The van der Waals surface area contributed by atoms with E-state index in [1.165, 1.54) is 5.56 Å². The summed E-state index contributed by atoms with van der Waals surface area (Å²) in [5.41, 5.74) is 8.98. The molecule has 1 heterocycles. The van der Waals surface area contributed by atoms with Crippen LogP contribution in [0.25, 0.3) is 11.0 Å². The van der Waals surface area contributed by atoms with Gasteiger partial charge in [0, 0.05) is 18.1 Å². The molecular formula is C23H37N3O2S. The fraction of sp³-hybridized carbons (Fsp3) is 0.652. The van der Waals surface area contributed by atoms with Crippen molar-refractivity contribution in [2.24, 2.45) is 17.6 Å². The summed E-state index contributed by atoms with van der Waals surface area (Å²) in [5, 5.41) is 0. The van der Waals surface area contributed by atoms with Gasteiger partial charge in [-0.1, -0.05) is 26.8 Å². The molecule has 1 fully saturated rings. The molecule has 0 atom stereocenters. The van der Waals surface area contributed by atoms with Gasteiger partial charge >= 0.3 is 0 Å². The van der Waals surface area contributed by atoms with Gasteiger partial charge < -0.3 is 15.0 Å². The second-order valence-corrected chi connectivity index (χ2v) is 15.0. The molecule has 1 aliphatic carbocycles. The first kappa shape index (κ1) is 22.2. The van der Waals surface area contributed by atoms with Crippen LogP contribution < -0.4 is 5.73 Å². The molecule has 1 aliphatic rings. The van der Waals surface area contributed by atoms with Gasteiger partial charge in [-0.05, 0) is 60.6 Å². The Hall–Kier alpha value is -1.53. The van der Waals surface area contributed by atoms with Gasteiger partial charge in [-0.2, -0.15) is 0 Å². The van der Waals surface area contributed by atoms with Gasteiger partial charge in [0.25, 0.3) is 0 Å². The van der Waals surface area contributed by atoms with Crippen LogP contribution in [0.1, 0.15) is 45.0 Å². The molecule has 0 saturated heterocycles. The molecule has 2 aromatic rings. The second-order valence-electron chi connectivity index (χ2n) is 10.4. The maximum absolute atomic E-state index is 11.4. The lowest BCUT2D eigenvalue weighted by molar-refractivity contribution is -0.125. The Morgan fingerprint density at radius 1 is 1.28 bits per heavy atom. The Labute approximate surface area is 176 Å². The number of nitrogens with two attached hydrogens (primary N) is 1. The summed E-state index contributed by atoms with van der Waals surface area (Å²) >= 11 is 0. The van der Waals surface area contributed by atoms with Gasteiger partial charge in [0.2, 0.25) is 5.91 Å². The van der Waals surface area contributed by atoms with Crippen LogP contribution in [0, 0.1) is 11.8 Å². The number of fused-ring (bicyclic) bond motifs is 1. The standard InChI is InChI=1S/C23H37N3O2S/c1-23(2,3)18-7-8-20-19(14-18)25-21(13-16-11-17(12-16)22(24)27)26(20)15-28-9-10-29(4,5)6/h7-8,14,16-17H,9-13,15H2,1-6H3,(H2,24,27). The van der Waals surface area contributed by atoms with Crippen molar-refractivity contribution in [2.75, 3.05) is 31.1 Å². The summed E-state index contributed by atoms with van der Waals surface area (Å²) in [6.07, 6.45) is 9.56. The zero-order chi connectivity index (χ0) is 21.4. The van der Waals surface area contributed by atoms with E-state index in [0.29, 0.717) is 12.6 Å². The molecule has 5 nitrogen and oxygen atoms in total. The molecule has 0 bridgehead atoms. The van der Waals surface area contributed by atoms with E-state index in [-0.39, 0.29) is 17.2 Å². The van der Waals surface area contributed by atoms with Gasteiger partial charge in [-0.15, -0.1) is 0 Å². The lowest BCUT2D eigenvalue weighted by Crippen LogP contribution is -2.36. The van der Waals surface area contributed by atoms with Crippen LogP contribution >= 0.6 is 10.0 Å². The number of primary amides is 1. The lowest BCUT2D eigenvalue weighted by atomic mass is 9.73. The van der Waals surface area contributed by atoms with E-state index in [2.05, 4.69) is 62.3 Å². The minimum absolute atomic E-state index is 0.0383. The molecule has 2 N–H and O–H groups in total. The van der Waals surface area contributed by atoms with Crippen LogP contribution in [0.15, 0.2) is 18.2 Å². The van der Waals surface area contributed by atoms with Crippen molar-refractivity contribution in [1.29, 1.82) is 0 Å². The molecule has 0 radical (unpaired) electrons. The minimum Gasteiger partial charge on any atom is -0.369 e. The van der Waals surface area contributed by atoms with Crippen molar-refractivity contribution in [1.82, 2.24) is 9.55 Å². The number of nitrogens with zero attached hydrogens (tertiary/aromatic N) is 2. The molecule has 1 aromatic carbocycles. The lowest BCUT2D eigenvalue weighted by Gasteiger charge is -2.32. The van der Waals surface area contributed by atoms with Crippen molar-refractivity contribution in [3.63, 3.8) is 0 Å². The number of benzene rings is 1. The zero-order valence-electron chi connectivity index (χ0n) is 18.8. The minimum atomic E-state index is -0.562. The van der Waals surface area contributed by atoms with Gasteiger partial charge in [-0.25, -0.2) is 15.0 Å². The summed E-state index contributed by atoms with van der Waals surface area (Å²) in [4.78, 5) is 16.3. The fourth-order valence-electron chi connectivity index (χ4n) is 3.80. The SMILES string of the molecule is CC(C)(C)c1ccc2c(c1)nc(CC1CC(C(N)=O)C1)n2COCCS(C)(C)C. The van der Waals surface area contributed by atoms with Crippen LogP contribution in [0.5, 0.6) is 0 Å². The maximum atomic E-state index is 11.4. The summed E-state index contributed by atoms with van der Waals surface area (Å²) < 4.78 is 8.28. The molecule has 1 amide bonds. The number of hydrogen-bond donors (Lipinski definition) is 1. The highest BCUT2D eigenvalue weighted by molar-refractivity contribution is 8.32. The predicted octanol–water partition coefficient (Wildman–Crippen LogP) is 4.06. The van der Waals surface area contributed by atoms with Crippen LogP contribution in [-0.2, 0) is 28.1 Å². The molecule has 0 unspecified atom stereocenters. The summed E-state index contributed by atoms with van der Waals surface area (Å²) in [7, 11) is -0.562. The molecule has 162 valence electrons. The molecule has 3 rings (SSSR count). The number of carbonyl (C=O) groups excluding carboxylic acids is 1. The molecule has 0 aliphatic heterocycles. The van der Waals surface area contributed by atoms with Crippen molar-refractivity contribution in [3.05, 3.63) is 29.6 Å². The van der Waals surface area contributed by atoms with Gasteiger partial charge in [0.1, 0.15) is 12.6 Å². The third-order valence-corrected chi connectivity index (χ3v) is 7.25. The number of imidazole rings is 1. The Morgan fingerprint density at radius 2 is 1.97 bits per heavy atom. The quantitative estimate of drug-likeness (QED) is 0.656. The number of carbonyl (C=O) groups is 1. The summed E-state index contributed by atoms with van der Waals surface area (Å²) in [6.45, 7) is 7.97. The van der Waals surface area contributed by atoms with E-state index in [1.807, 2.05) is 0 Å². The Balaban J connectivity index is 1.81. The maximum Gasteiger partial charge on any atom is 0.220 e. The topological polar surface area (TPSA) is 70.1 Å². The molecule has 1 saturated carbocycles. The molecule has 6 heteroatoms. The number of aromatic nitrogens is 2. The van der Waals surface area contributed by atoms with Crippen LogP contribution in [-0.4, -0.2) is 46.6 Å². The molecule has 29 heavy (non-hydrogen) atoms. The molecule has 1 aromatic heterocycles. The normalized spacial score (nSPS) is 20.6. The van der Waals surface area contributed by atoms with E-state index >= 15 is 0 Å². The van der Waals surface area contributed by atoms with Crippen molar-refractivity contribution in [2.45, 2.75) is 52.2 Å². The van der Waals surface area contributed by atoms with E-state index < -0.39 is 10.0 Å². The van der Waals surface area contributed by atoms with Crippen molar-refractivity contribution in [3.8, 4) is 0 Å². The first-order valence-corrected chi connectivity index (χ1v) is 13.5. The predicted molar refractivity (Wildman–Crippen MR) is 124 cm³/mol. The van der Waals surface area contributed by atoms with E-state index in [1.54, 1.807) is 0 Å². The average molecular weight is 420 g/mol. The smallest absolute Gasteiger partial charge is 0.220 e. The summed E-state index contributed by atoms with van der Waals surface area (Å²) in [6, 6.07) is 6.59.